The van der Waals surface area contributed by atoms with Gasteiger partial charge >= 0.3 is 0 Å². The summed E-state index contributed by atoms with van der Waals surface area (Å²) in [5, 5.41) is 12.6. The first-order chi connectivity index (χ1) is 10.6. The van der Waals surface area contributed by atoms with Crippen molar-refractivity contribution in [3.63, 3.8) is 0 Å². The number of aliphatic hydroxyl groups is 1. The van der Waals surface area contributed by atoms with Crippen molar-refractivity contribution in [3.05, 3.63) is 59.7 Å². The lowest BCUT2D eigenvalue weighted by Crippen LogP contribution is -2.19. The molecule has 0 spiro atoms. The minimum Gasteiger partial charge on any atom is -0.484 e. The third-order valence-corrected chi connectivity index (χ3v) is 3.25. The summed E-state index contributed by atoms with van der Waals surface area (Å²) in [4.78, 5) is 10.7. The molecule has 0 heterocycles. The van der Waals surface area contributed by atoms with Crippen molar-refractivity contribution >= 4 is 11.6 Å². The van der Waals surface area contributed by atoms with Gasteiger partial charge in [0.25, 0.3) is 5.91 Å². The van der Waals surface area contributed by atoms with E-state index in [4.69, 9.17) is 10.5 Å². The average Bonchev–Trinajstić information content (AvgIpc) is 2.54. The van der Waals surface area contributed by atoms with E-state index in [1.165, 1.54) is 0 Å². The Bertz CT molecular complexity index is 626. The van der Waals surface area contributed by atoms with Crippen molar-refractivity contribution in [1.29, 1.82) is 0 Å². The van der Waals surface area contributed by atoms with E-state index in [1.54, 1.807) is 12.1 Å². The second-order valence-electron chi connectivity index (χ2n) is 5.05. The molecule has 0 aromatic heterocycles. The molecular weight excluding hydrogens is 280 g/mol. The van der Waals surface area contributed by atoms with Gasteiger partial charge in [-0.25, -0.2) is 0 Å². The zero-order valence-corrected chi connectivity index (χ0v) is 12.5. The Morgan fingerprint density at radius 1 is 1.27 bits per heavy atom. The third kappa shape index (κ3) is 4.49. The summed E-state index contributed by atoms with van der Waals surface area (Å²) < 4.78 is 5.21. The number of amides is 1. The number of carbonyl (C=O) groups excluding carboxylic acids is 1. The van der Waals surface area contributed by atoms with Gasteiger partial charge < -0.3 is 20.9 Å². The first kappa shape index (κ1) is 15.9. The number of aliphatic hydroxyl groups excluding tert-OH is 1. The van der Waals surface area contributed by atoms with Crippen LogP contribution in [-0.2, 0) is 11.4 Å². The molecule has 0 aliphatic heterocycles. The second-order valence-corrected chi connectivity index (χ2v) is 5.05. The Morgan fingerprint density at radius 3 is 2.64 bits per heavy atom. The van der Waals surface area contributed by atoms with Crippen molar-refractivity contribution in [2.45, 2.75) is 19.6 Å². The molecule has 22 heavy (non-hydrogen) atoms. The quantitative estimate of drug-likeness (QED) is 0.732. The Morgan fingerprint density at radius 2 is 2.00 bits per heavy atom. The topological polar surface area (TPSA) is 84.6 Å². The van der Waals surface area contributed by atoms with Gasteiger partial charge in [0.05, 0.1) is 6.61 Å². The summed E-state index contributed by atoms with van der Waals surface area (Å²) >= 11 is 0. The third-order valence-electron chi connectivity index (χ3n) is 3.25. The first-order valence-corrected chi connectivity index (χ1v) is 7.06. The van der Waals surface area contributed by atoms with Crippen LogP contribution in [0.2, 0.25) is 0 Å². The molecule has 2 aromatic rings. The lowest BCUT2D eigenvalue weighted by molar-refractivity contribution is -0.119. The van der Waals surface area contributed by atoms with Gasteiger partial charge in [-0.15, -0.1) is 0 Å². The van der Waals surface area contributed by atoms with E-state index in [-0.39, 0.29) is 19.3 Å². The highest BCUT2D eigenvalue weighted by molar-refractivity contribution is 5.75. The van der Waals surface area contributed by atoms with Gasteiger partial charge in [-0.3, -0.25) is 4.79 Å². The maximum Gasteiger partial charge on any atom is 0.255 e. The fraction of sp³-hybridized carbons (Fsp3) is 0.235. The smallest absolute Gasteiger partial charge is 0.255 e. The number of hydrogen-bond donors (Lipinski definition) is 3. The van der Waals surface area contributed by atoms with E-state index >= 15 is 0 Å². The van der Waals surface area contributed by atoms with Crippen LogP contribution in [0.25, 0.3) is 0 Å². The zero-order valence-electron chi connectivity index (χ0n) is 12.5. The molecule has 4 N–H and O–H groups in total. The molecule has 2 aromatic carbocycles. The monoisotopic (exact) mass is 300 g/mol. The van der Waals surface area contributed by atoms with Crippen molar-refractivity contribution in [1.82, 2.24) is 0 Å². The number of anilines is 1. The van der Waals surface area contributed by atoms with E-state index in [2.05, 4.69) is 5.32 Å². The molecule has 1 atom stereocenters. The molecule has 0 saturated carbocycles. The number of primary amides is 1. The summed E-state index contributed by atoms with van der Waals surface area (Å²) in [6, 6.07) is 15.2. The Balaban J connectivity index is 1.98. The highest BCUT2D eigenvalue weighted by Crippen LogP contribution is 2.22. The Labute approximate surface area is 129 Å². The van der Waals surface area contributed by atoms with Gasteiger partial charge in [0.1, 0.15) is 5.75 Å². The summed E-state index contributed by atoms with van der Waals surface area (Å²) in [7, 11) is 0. The van der Waals surface area contributed by atoms with Crippen molar-refractivity contribution < 1.29 is 14.6 Å². The summed E-state index contributed by atoms with van der Waals surface area (Å²) in [5.74, 6) is 0.0962. The van der Waals surface area contributed by atoms with Gasteiger partial charge in [0.2, 0.25) is 0 Å². The van der Waals surface area contributed by atoms with Crippen LogP contribution < -0.4 is 15.8 Å². The number of benzene rings is 2. The van der Waals surface area contributed by atoms with Crippen LogP contribution >= 0.6 is 0 Å². The van der Waals surface area contributed by atoms with Crippen LogP contribution in [0.4, 0.5) is 5.69 Å². The van der Waals surface area contributed by atoms with E-state index < -0.39 is 5.91 Å². The molecule has 5 heteroatoms. The van der Waals surface area contributed by atoms with Crippen LogP contribution in [-0.4, -0.2) is 17.6 Å². The molecule has 116 valence electrons. The number of rotatable bonds is 7. The molecule has 0 aliphatic carbocycles. The molecule has 1 amide bonds. The van der Waals surface area contributed by atoms with Crippen molar-refractivity contribution in [2.24, 2.45) is 5.73 Å². The lowest BCUT2D eigenvalue weighted by atomic mass is 10.1. The molecular formula is C17H20N2O3. The molecule has 5 nitrogen and oxygen atoms in total. The summed E-state index contributed by atoms with van der Waals surface area (Å²) in [6.07, 6.45) is 0. The molecule has 0 aliphatic rings. The molecule has 1 unspecified atom stereocenters. The molecule has 0 saturated heterocycles. The van der Waals surface area contributed by atoms with Crippen LogP contribution in [0, 0.1) is 0 Å². The van der Waals surface area contributed by atoms with E-state index in [0.717, 1.165) is 16.8 Å². The van der Waals surface area contributed by atoms with Crippen LogP contribution in [0.15, 0.2) is 48.5 Å². The van der Waals surface area contributed by atoms with Crippen LogP contribution in [0.5, 0.6) is 5.75 Å². The minimum atomic E-state index is -0.500. The van der Waals surface area contributed by atoms with Gasteiger partial charge in [0, 0.05) is 11.7 Å². The largest absolute Gasteiger partial charge is 0.484 e. The van der Waals surface area contributed by atoms with Gasteiger partial charge in [-0.1, -0.05) is 24.3 Å². The molecule has 0 radical (unpaired) electrons. The maximum atomic E-state index is 10.7. The molecule has 0 bridgehead atoms. The Hall–Kier alpha value is -2.53. The van der Waals surface area contributed by atoms with Crippen molar-refractivity contribution in [3.8, 4) is 5.75 Å². The first-order valence-electron chi connectivity index (χ1n) is 7.06. The van der Waals surface area contributed by atoms with Gasteiger partial charge in [-0.2, -0.15) is 0 Å². The van der Waals surface area contributed by atoms with Gasteiger partial charge in [-0.05, 0) is 42.3 Å². The van der Waals surface area contributed by atoms with Crippen LogP contribution in [0.1, 0.15) is 24.1 Å². The predicted molar refractivity (Wildman–Crippen MR) is 85.5 cm³/mol. The highest BCUT2D eigenvalue weighted by Gasteiger charge is 2.06. The van der Waals surface area contributed by atoms with Crippen LogP contribution in [0.3, 0.4) is 0 Å². The minimum absolute atomic E-state index is 0.0342. The number of nitrogens with two attached hydrogens (primary N) is 1. The van der Waals surface area contributed by atoms with Gasteiger partial charge in [0.15, 0.2) is 6.61 Å². The SMILES string of the molecule is CC(Nc1ccc(OCC(N)=O)cc1)c1cccc(CO)c1. The van der Waals surface area contributed by atoms with Crippen molar-refractivity contribution in [2.75, 3.05) is 11.9 Å². The predicted octanol–water partition coefficient (Wildman–Crippen LogP) is 2.22. The number of carbonyl (C=O) groups is 1. The standard InChI is InChI=1S/C17H20N2O3/c1-12(14-4-2-3-13(9-14)10-20)19-15-5-7-16(8-6-15)22-11-17(18)21/h2-9,12,19-20H,10-11H2,1H3,(H2,18,21). The zero-order chi connectivity index (χ0) is 15.9. The van der Waals surface area contributed by atoms with E-state index in [9.17, 15) is 9.90 Å². The Kier molecular flexibility index (Phi) is 5.38. The lowest BCUT2D eigenvalue weighted by Gasteiger charge is -2.16. The maximum absolute atomic E-state index is 10.7. The highest BCUT2D eigenvalue weighted by atomic mass is 16.5. The summed E-state index contributed by atoms with van der Waals surface area (Å²) in [5.41, 5.74) is 7.96. The fourth-order valence-corrected chi connectivity index (χ4v) is 2.10. The molecule has 0 fully saturated rings. The summed E-state index contributed by atoms with van der Waals surface area (Å²) in [6.45, 7) is 1.96. The van der Waals surface area contributed by atoms with E-state index in [1.807, 2.05) is 43.3 Å². The molecule has 2 rings (SSSR count). The second kappa shape index (κ2) is 7.47. The fourth-order valence-electron chi connectivity index (χ4n) is 2.10. The number of ether oxygens (including phenoxy) is 1. The van der Waals surface area contributed by atoms with E-state index in [0.29, 0.717) is 5.75 Å². The normalized spacial score (nSPS) is 11.7. The number of nitrogens with one attached hydrogen (secondary N) is 1. The average molecular weight is 300 g/mol. The number of hydrogen-bond acceptors (Lipinski definition) is 4.